The van der Waals surface area contributed by atoms with Crippen LogP contribution in [-0.4, -0.2) is 24.0 Å². The monoisotopic (exact) mass is 208 g/mol. The summed E-state index contributed by atoms with van der Waals surface area (Å²) >= 11 is 0. The van der Waals surface area contributed by atoms with Crippen LogP contribution in [-0.2, 0) is 11.2 Å². The molecule has 1 aromatic rings. The van der Waals surface area contributed by atoms with Gasteiger partial charge >= 0.3 is 5.97 Å². The Morgan fingerprint density at radius 1 is 1.53 bits per heavy atom. The minimum absolute atomic E-state index is 0.326. The van der Waals surface area contributed by atoms with Crippen molar-refractivity contribution >= 4 is 12.3 Å². The molecule has 0 unspecified atom stereocenters. The first-order chi connectivity index (χ1) is 7.17. The van der Waals surface area contributed by atoms with E-state index in [1.165, 1.54) is 0 Å². The van der Waals surface area contributed by atoms with Gasteiger partial charge in [0.25, 0.3) is 0 Å². The van der Waals surface area contributed by atoms with Crippen LogP contribution in [0, 0.1) is 0 Å². The first kappa shape index (κ1) is 11.2. The number of benzene rings is 1. The van der Waals surface area contributed by atoms with E-state index in [0.717, 1.165) is 12.0 Å². The second-order valence-electron chi connectivity index (χ2n) is 3.03. The van der Waals surface area contributed by atoms with E-state index in [1.807, 2.05) is 13.0 Å². The second-order valence-corrected chi connectivity index (χ2v) is 3.03. The van der Waals surface area contributed by atoms with Crippen LogP contribution in [0.25, 0.3) is 0 Å². The number of carbonyl (C=O) groups is 2. The van der Waals surface area contributed by atoms with Gasteiger partial charge in [-0.3, -0.25) is 4.79 Å². The summed E-state index contributed by atoms with van der Waals surface area (Å²) in [5.74, 6) is -0.736. The molecule has 0 heterocycles. The highest BCUT2D eigenvalue weighted by molar-refractivity contribution is 5.79. The van der Waals surface area contributed by atoms with Crippen molar-refractivity contribution in [2.75, 3.05) is 6.61 Å². The molecule has 0 aliphatic rings. The van der Waals surface area contributed by atoms with Crippen molar-refractivity contribution in [2.24, 2.45) is 0 Å². The Hall–Kier alpha value is -1.84. The number of carboxylic acid groups (broad SMARTS) is 1. The Kier molecular flexibility index (Phi) is 3.85. The third kappa shape index (κ3) is 3.09. The van der Waals surface area contributed by atoms with Crippen LogP contribution >= 0.6 is 0 Å². The lowest BCUT2D eigenvalue weighted by atomic mass is 10.1. The molecule has 0 saturated carbocycles. The van der Waals surface area contributed by atoms with Gasteiger partial charge in [-0.1, -0.05) is 13.0 Å². The van der Waals surface area contributed by atoms with E-state index < -0.39 is 12.6 Å². The van der Waals surface area contributed by atoms with Crippen molar-refractivity contribution in [3.8, 4) is 5.75 Å². The molecule has 0 bridgehead atoms. The number of ether oxygens (including phenoxy) is 1. The highest BCUT2D eigenvalue weighted by atomic mass is 16.5. The molecule has 80 valence electrons. The van der Waals surface area contributed by atoms with Gasteiger partial charge < -0.3 is 9.84 Å². The number of aliphatic carboxylic acids is 1. The first-order valence-electron chi connectivity index (χ1n) is 4.60. The molecule has 4 heteroatoms. The zero-order valence-electron chi connectivity index (χ0n) is 8.40. The Morgan fingerprint density at radius 2 is 2.27 bits per heavy atom. The Balaban J connectivity index is 2.90. The maximum Gasteiger partial charge on any atom is 0.341 e. The molecular formula is C11H12O4. The maximum absolute atomic E-state index is 10.6. The van der Waals surface area contributed by atoms with Crippen molar-refractivity contribution < 1.29 is 19.4 Å². The molecule has 0 aromatic heterocycles. The van der Waals surface area contributed by atoms with Gasteiger partial charge in [-0.25, -0.2) is 4.79 Å². The number of rotatable bonds is 5. The second kappa shape index (κ2) is 5.14. The topological polar surface area (TPSA) is 63.6 Å². The van der Waals surface area contributed by atoms with Gasteiger partial charge in [0.1, 0.15) is 5.75 Å². The number of carbonyl (C=O) groups excluding carboxylic acids is 1. The first-order valence-corrected chi connectivity index (χ1v) is 4.60. The molecule has 0 fully saturated rings. The van der Waals surface area contributed by atoms with E-state index in [1.54, 1.807) is 12.1 Å². The lowest BCUT2D eigenvalue weighted by Crippen LogP contribution is -2.10. The van der Waals surface area contributed by atoms with Crippen LogP contribution < -0.4 is 4.74 Å². The molecule has 0 aliphatic heterocycles. The Labute approximate surface area is 87.5 Å². The number of aryl methyl sites for hydroxylation is 1. The molecule has 1 rings (SSSR count). The highest BCUT2D eigenvalue weighted by Gasteiger charge is 2.06. The Morgan fingerprint density at radius 3 is 2.80 bits per heavy atom. The molecule has 0 aliphatic carbocycles. The summed E-state index contributed by atoms with van der Waals surface area (Å²) in [5, 5.41) is 8.45. The fourth-order valence-electron chi connectivity index (χ4n) is 1.16. The summed E-state index contributed by atoms with van der Waals surface area (Å²) in [5.41, 5.74) is 1.37. The van der Waals surface area contributed by atoms with Gasteiger partial charge in [-0.05, 0) is 24.1 Å². The van der Waals surface area contributed by atoms with E-state index in [9.17, 15) is 9.59 Å². The largest absolute Gasteiger partial charge is 0.481 e. The normalized spacial score (nSPS) is 9.67. The van der Waals surface area contributed by atoms with Crippen molar-refractivity contribution in [3.63, 3.8) is 0 Å². The molecule has 15 heavy (non-hydrogen) atoms. The Bertz CT molecular complexity index is 371. The SMILES string of the molecule is CCc1ccc(C=O)c(OCC(=O)O)c1. The molecule has 1 N–H and O–H groups in total. The van der Waals surface area contributed by atoms with Crippen molar-refractivity contribution in [1.82, 2.24) is 0 Å². The van der Waals surface area contributed by atoms with Crippen LogP contribution in [0.2, 0.25) is 0 Å². The van der Waals surface area contributed by atoms with Gasteiger partial charge in [-0.2, -0.15) is 0 Å². The molecule has 1 aromatic carbocycles. The molecule has 0 saturated heterocycles. The summed E-state index contributed by atoms with van der Waals surface area (Å²) in [4.78, 5) is 21.0. The van der Waals surface area contributed by atoms with Crippen LogP contribution in [0.4, 0.5) is 0 Å². The molecular weight excluding hydrogens is 196 g/mol. The van der Waals surface area contributed by atoms with Gasteiger partial charge in [0.15, 0.2) is 12.9 Å². The smallest absolute Gasteiger partial charge is 0.341 e. The molecule has 0 atom stereocenters. The average Bonchev–Trinajstić information content (AvgIpc) is 2.25. The third-order valence-corrected chi connectivity index (χ3v) is 1.96. The fourth-order valence-corrected chi connectivity index (χ4v) is 1.16. The van der Waals surface area contributed by atoms with Crippen LogP contribution in [0.3, 0.4) is 0 Å². The zero-order valence-corrected chi connectivity index (χ0v) is 8.40. The lowest BCUT2D eigenvalue weighted by molar-refractivity contribution is -0.139. The summed E-state index contributed by atoms with van der Waals surface area (Å²) in [6.07, 6.45) is 1.46. The van der Waals surface area contributed by atoms with E-state index in [2.05, 4.69) is 0 Å². The minimum atomic E-state index is -1.06. The molecule has 4 nitrogen and oxygen atoms in total. The van der Waals surface area contributed by atoms with E-state index in [0.29, 0.717) is 17.6 Å². The third-order valence-electron chi connectivity index (χ3n) is 1.96. The summed E-state index contributed by atoms with van der Waals surface area (Å²) in [7, 11) is 0. The van der Waals surface area contributed by atoms with Crippen molar-refractivity contribution in [2.45, 2.75) is 13.3 Å². The highest BCUT2D eigenvalue weighted by Crippen LogP contribution is 2.19. The minimum Gasteiger partial charge on any atom is -0.481 e. The number of aldehydes is 1. The van der Waals surface area contributed by atoms with Crippen LogP contribution in [0.5, 0.6) is 5.75 Å². The molecule has 0 spiro atoms. The van der Waals surface area contributed by atoms with Crippen LogP contribution in [0.1, 0.15) is 22.8 Å². The van der Waals surface area contributed by atoms with Gasteiger partial charge in [-0.15, -0.1) is 0 Å². The van der Waals surface area contributed by atoms with Gasteiger partial charge in [0.2, 0.25) is 0 Å². The summed E-state index contributed by atoms with van der Waals surface area (Å²) in [6.45, 7) is 1.53. The average molecular weight is 208 g/mol. The molecule has 0 radical (unpaired) electrons. The predicted molar refractivity (Wildman–Crippen MR) is 54.3 cm³/mol. The number of hydrogen-bond acceptors (Lipinski definition) is 3. The van der Waals surface area contributed by atoms with E-state index in [4.69, 9.17) is 9.84 Å². The zero-order chi connectivity index (χ0) is 11.3. The van der Waals surface area contributed by atoms with Crippen LogP contribution in [0.15, 0.2) is 18.2 Å². The standard InChI is InChI=1S/C11H12O4/c1-2-8-3-4-9(6-12)10(5-8)15-7-11(13)14/h3-6H,2,7H2,1H3,(H,13,14). The van der Waals surface area contributed by atoms with Crippen molar-refractivity contribution in [3.05, 3.63) is 29.3 Å². The summed E-state index contributed by atoms with van der Waals surface area (Å²) in [6, 6.07) is 5.13. The maximum atomic E-state index is 10.6. The van der Waals surface area contributed by atoms with Gasteiger partial charge in [0, 0.05) is 0 Å². The fraction of sp³-hybridized carbons (Fsp3) is 0.273. The predicted octanol–water partition coefficient (Wildman–Crippen LogP) is 1.52. The summed E-state index contributed by atoms with van der Waals surface area (Å²) < 4.78 is 5.00. The number of hydrogen-bond donors (Lipinski definition) is 1. The van der Waals surface area contributed by atoms with E-state index in [-0.39, 0.29) is 0 Å². The van der Waals surface area contributed by atoms with Gasteiger partial charge in [0.05, 0.1) is 5.56 Å². The lowest BCUT2D eigenvalue weighted by Gasteiger charge is -2.07. The number of carboxylic acids is 1. The molecule has 0 amide bonds. The van der Waals surface area contributed by atoms with E-state index >= 15 is 0 Å². The van der Waals surface area contributed by atoms with Crippen molar-refractivity contribution in [1.29, 1.82) is 0 Å². The quantitative estimate of drug-likeness (QED) is 0.745.